The number of hydrogen-bond donors (Lipinski definition) is 4. The molecule has 0 radical (unpaired) electrons. The number of amides is 1. The molecule has 4 rings (SSSR count). The van der Waals surface area contributed by atoms with Crippen molar-refractivity contribution in [3.63, 3.8) is 0 Å². The first-order valence-electron chi connectivity index (χ1n) is 10.4. The monoisotopic (exact) mass is 496 g/mol. The van der Waals surface area contributed by atoms with Gasteiger partial charge in [-0.25, -0.2) is 19.3 Å². The Labute approximate surface area is 204 Å². The van der Waals surface area contributed by atoms with Crippen molar-refractivity contribution in [3.05, 3.63) is 70.6 Å². The molecule has 0 aliphatic carbocycles. The van der Waals surface area contributed by atoms with Crippen LogP contribution in [0.5, 0.6) is 5.88 Å². The number of carbonyl (C=O) groups excluding carboxylic acids is 1. The summed E-state index contributed by atoms with van der Waals surface area (Å²) < 4.78 is 6.57. The van der Waals surface area contributed by atoms with Crippen molar-refractivity contribution in [1.82, 2.24) is 24.9 Å². The van der Waals surface area contributed by atoms with Gasteiger partial charge in [-0.3, -0.25) is 4.79 Å². The maximum absolute atomic E-state index is 12.9. The Kier molecular flexibility index (Phi) is 6.80. The third kappa shape index (κ3) is 4.86. The Bertz CT molecular complexity index is 1410. The minimum Gasteiger partial charge on any atom is -0.480 e. The highest BCUT2D eigenvalue weighted by molar-refractivity contribution is 6.30. The zero-order valence-electron chi connectivity index (χ0n) is 18.5. The number of halogens is 1. The molecule has 3 aromatic heterocycles. The number of carboxylic acid groups (broad SMARTS) is 1. The molecule has 0 spiro atoms. The van der Waals surface area contributed by atoms with Crippen molar-refractivity contribution < 1.29 is 24.5 Å². The van der Waals surface area contributed by atoms with E-state index in [2.05, 4.69) is 20.4 Å². The summed E-state index contributed by atoms with van der Waals surface area (Å²) in [5, 5.41) is 27.3. The zero-order chi connectivity index (χ0) is 25.1. The Balaban J connectivity index is 1.59. The fourth-order valence-electron chi connectivity index (χ4n) is 3.62. The topological polar surface area (TPSA) is 165 Å². The second-order valence-corrected chi connectivity index (χ2v) is 7.98. The summed E-state index contributed by atoms with van der Waals surface area (Å²) in [6.45, 7) is 0.178. The maximum atomic E-state index is 12.9. The molecule has 180 valence electrons. The van der Waals surface area contributed by atoms with E-state index in [0.717, 1.165) is 0 Å². The molecule has 5 N–H and O–H groups in total. The molecule has 0 aliphatic rings. The van der Waals surface area contributed by atoms with Gasteiger partial charge in [-0.15, -0.1) is 0 Å². The van der Waals surface area contributed by atoms with E-state index in [-0.39, 0.29) is 41.3 Å². The van der Waals surface area contributed by atoms with Gasteiger partial charge in [0.25, 0.3) is 5.91 Å². The number of aliphatic hydroxyl groups excluding tert-OH is 1. The van der Waals surface area contributed by atoms with E-state index in [1.807, 2.05) is 0 Å². The molecular formula is C23H21ClN6O5. The first-order valence-corrected chi connectivity index (χ1v) is 10.8. The molecular weight excluding hydrogens is 476 g/mol. The first kappa shape index (κ1) is 23.9. The molecule has 0 bridgehead atoms. The van der Waals surface area contributed by atoms with Gasteiger partial charge in [0.15, 0.2) is 5.82 Å². The summed E-state index contributed by atoms with van der Waals surface area (Å²) in [6, 6.07) is 9.70. The number of nitrogen functional groups attached to an aromatic ring is 1. The van der Waals surface area contributed by atoms with Crippen molar-refractivity contribution in [3.8, 4) is 17.1 Å². The van der Waals surface area contributed by atoms with Crippen LogP contribution < -0.4 is 15.8 Å². The first-order chi connectivity index (χ1) is 16.8. The lowest BCUT2D eigenvalue weighted by molar-refractivity contribution is 0.0698. The second kappa shape index (κ2) is 9.95. The molecule has 1 atom stereocenters. The lowest BCUT2D eigenvalue weighted by Crippen LogP contribution is -2.26. The SMILES string of the molecule is COc1ncc(-c2cc(C(=O)O)c3c(N)ncnn23)cc1C(=O)NCCC(O)c1ccc(Cl)cc1. The molecule has 0 saturated heterocycles. The quantitative estimate of drug-likeness (QED) is 0.287. The van der Waals surface area contributed by atoms with Crippen molar-refractivity contribution in [1.29, 1.82) is 0 Å². The van der Waals surface area contributed by atoms with Gasteiger partial charge in [-0.1, -0.05) is 23.7 Å². The number of benzene rings is 1. The summed E-state index contributed by atoms with van der Waals surface area (Å²) >= 11 is 5.87. The molecule has 1 unspecified atom stereocenters. The number of pyridine rings is 1. The number of ether oxygens (including phenoxy) is 1. The fraction of sp³-hybridized carbons (Fsp3) is 0.174. The van der Waals surface area contributed by atoms with Gasteiger partial charge in [0, 0.05) is 23.3 Å². The van der Waals surface area contributed by atoms with Gasteiger partial charge in [-0.05, 0) is 36.2 Å². The highest BCUT2D eigenvalue weighted by Crippen LogP contribution is 2.30. The predicted molar refractivity (Wildman–Crippen MR) is 128 cm³/mol. The predicted octanol–water partition coefficient (Wildman–Crippen LogP) is 2.59. The summed E-state index contributed by atoms with van der Waals surface area (Å²) in [4.78, 5) is 32.7. The number of nitrogens with one attached hydrogen (secondary N) is 1. The molecule has 35 heavy (non-hydrogen) atoms. The summed E-state index contributed by atoms with van der Waals surface area (Å²) in [6.07, 6.45) is 2.12. The summed E-state index contributed by atoms with van der Waals surface area (Å²) in [7, 11) is 1.38. The Morgan fingerprint density at radius 2 is 1.94 bits per heavy atom. The molecule has 0 aliphatic heterocycles. The number of nitrogens with zero attached hydrogens (tertiary/aromatic N) is 4. The van der Waals surface area contributed by atoms with Gasteiger partial charge in [0.1, 0.15) is 17.4 Å². The van der Waals surface area contributed by atoms with Crippen LogP contribution in [0.4, 0.5) is 5.82 Å². The number of aromatic carboxylic acids is 1. The summed E-state index contributed by atoms with van der Waals surface area (Å²) in [5.74, 6) is -1.60. The number of aliphatic hydroxyl groups is 1. The van der Waals surface area contributed by atoms with Crippen LogP contribution in [0.2, 0.25) is 5.02 Å². The van der Waals surface area contributed by atoms with E-state index in [9.17, 15) is 19.8 Å². The van der Waals surface area contributed by atoms with Crippen LogP contribution in [0.25, 0.3) is 16.8 Å². The highest BCUT2D eigenvalue weighted by Gasteiger charge is 2.22. The van der Waals surface area contributed by atoms with Crippen molar-refractivity contribution in [2.75, 3.05) is 19.4 Å². The van der Waals surface area contributed by atoms with Crippen LogP contribution >= 0.6 is 11.6 Å². The van der Waals surface area contributed by atoms with Crippen LogP contribution in [0.3, 0.4) is 0 Å². The van der Waals surface area contributed by atoms with Crippen LogP contribution in [0.1, 0.15) is 38.8 Å². The second-order valence-electron chi connectivity index (χ2n) is 7.55. The van der Waals surface area contributed by atoms with E-state index in [1.54, 1.807) is 24.3 Å². The number of hydrogen-bond acceptors (Lipinski definition) is 8. The number of aromatic nitrogens is 4. The summed E-state index contributed by atoms with van der Waals surface area (Å²) in [5.41, 5.74) is 7.50. The standard InChI is InChI=1S/C23H21ClN6O5/c1-35-22-16(21(32)26-7-6-18(31)12-2-4-14(24)5-3-12)8-13(10-27-22)17-9-15(23(33)34)19-20(25)28-11-29-30(17)19/h2-5,8-11,18,31H,6-7H2,1H3,(H,26,32)(H,33,34)(H2,25,28,29). The van der Waals surface area contributed by atoms with Gasteiger partial charge in [-0.2, -0.15) is 5.10 Å². The third-order valence-corrected chi connectivity index (χ3v) is 5.61. The molecule has 1 aromatic carbocycles. The Hall–Kier alpha value is -4.22. The third-order valence-electron chi connectivity index (χ3n) is 5.36. The average Bonchev–Trinajstić information content (AvgIpc) is 3.25. The Morgan fingerprint density at radius 1 is 1.20 bits per heavy atom. The van der Waals surface area contributed by atoms with Crippen LogP contribution in [0.15, 0.2) is 48.9 Å². The normalized spacial score (nSPS) is 11.9. The average molecular weight is 497 g/mol. The lowest BCUT2D eigenvalue weighted by Gasteiger charge is -2.13. The van der Waals surface area contributed by atoms with Crippen LogP contribution in [0, 0.1) is 0 Å². The Morgan fingerprint density at radius 3 is 2.63 bits per heavy atom. The van der Waals surface area contributed by atoms with Gasteiger partial charge >= 0.3 is 5.97 Å². The fourth-order valence-corrected chi connectivity index (χ4v) is 3.75. The van der Waals surface area contributed by atoms with Crippen LogP contribution in [-0.2, 0) is 0 Å². The van der Waals surface area contributed by atoms with E-state index >= 15 is 0 Å². The van der Waals surface area contributed by atoms with E-state index in [0.29, 0.717) is 21.8 Å². The van der Waals surface area contributed by atoms with Crippen molar-refractivity contribution in [2.45, 2.75) is 12.5 Å². The van der Waals surface area contributed by atoms with Crippen molar-refractivity contribution >= 4 is 34.8 Å². The molecule has 0 saturated carbocycles. The number of rotatable bonds is 8. The minimum atomic E-state index is -1.20. The van der Waals surface area contributed by atoms with Crippen LogP contribution in [-0.4, -0.2) is 55.3 Å². The lowest BCUT2D eigenvalue weighted by atomic mass is 10.1. The minimum absolute atomic E-state index is 0.00216. The number of carboxylic acids is 1. The number of fused-ring (bicyclic) bond motifs is 1. The number of anilines is 1. The number of methoxy groups -OCH3 is 1. The molecule has 4 aromatic rings. The molecule has 1 amide bonds. The van der Waals surface area contributed by atoms with Gasteiger partial charge in [0.2, 0.25) is 5.88 Å². The molecule has 12 heteroatoms. The van der Waals surface area contributed by atoms with Crippen molar-refractivity contribution in [2.24, 2.45) is 0 Å². The molecule has 11 nitrogen and oxygen atoms in total. The van der Waals surface area contributed by atoms with Gasteiger partial charge < -0.3 is 26.0 Å². The maximum Gasteiger partial charge on any atom is 0.338 e. The number of nitrogens with two attached hydrogens (primary N) is 1. The number of carbonyl (C=O) groups is 2. The van der Waals surface area contributed by atoms with E-state index < -0.39 is 18.0 Å². The van der Waals surface area contributed by atoms with E-state index in [4.69, 9.17) is 22.1 Å². The van der Waals surface area contributed by atoms with Gasteiger partial charge in [0.05, 0.1) is 24.5 Å². The smallest absolute Gasteiger partial charge is 0.338 e. The molecule has 0 fully saturated rings. The largest absolute Gasteiger partial charge is 0.480 e. The van der Waals surface area contributed by atoms with E-state index in [1.165, 1.54) is 36.3 Å². The highest BCUT2D eigenvalue weighted by atomic mass is 35.5. The molecule has 3 heterocycles. The zero-order valence-corrected chi connectivity index (χ0v) is 19.2.